The summed E-state index contributed by atoms with van der Waals surface area (Å²) in [5, 5.41) is 7.83. The van der Waals surface area contributed by atoms with Gasteiger partial charge in [-0.15, -0.1) is 0 Å². The maximum absolute atomic E-state index is 12.6. The molecule has 0 fully saturated rings. The van der Waals surface area contributed by atoms with E-state index in [1.54, 1.807) is 31.5 Å². The Bertz CT molecular complexity index is 1140. The van der Waals surface area contributed by atoms with Gasteiger partial charge in [0.15, 0.2) is 11.5 Å². The Hall–Kier alpha value is -3.37. The van der Waals surface area contributed by atoms with E-state index in [1.807, 2.05) is 12.1 Å². The fraction of sp³-hybridized carbons (Fsp3) is 0.273. The summed E-state index contributed by atoms with van der Waals surface area (Å²) in [6, 6.07) is 9.54. The molecule has 2 amide bonds. The third-order valence-electron chi connectivity index (χ3n) is 5.06. The highest BCUT2D eigenvalue weighted by molar-refractivity contribution is 7.89. The van der Waals surface area contributed by atoms with E-state index in [0.29, 0.717) is 11.5 Å². The van der Waals surface area contributed by atoms with E-state index in [1.165, 1.54) is 24.1 Å². The van der Waals surface area contributed by atoms with E-state index in [9.17, 15) is 18.0 Å². The van der Waals surface area contributed by atoms with Crippen LogP contribution in [0.5, 0.6) is 11.5 Å². The van der Waals surface area contributed by atoms with Crippen LogP contribution in [0, 0.1) is 0 Å². The van der Waals surface area contributed by atoms with Gasteiger partial charge >= 0.3 is 0 Å². The minimum atomic E-state index is -3.75. The number of hydrogen-bond donors (Lipinski definition) is 2. The Morgan fingerprint density at radius 3 is 2.41 bits per heavy atom. The van der Waals surface area contributed by atoms with Crippen molar-refractivity contribution < 1.29 is 27.5 Å². The van der Waals surface area contributed by atoms with Crippen molar-refractivity contribution in [2.45, 2.75) is 24.3 Å². The maximum atomic E-state index is 12.6. The zero-order chi connectivity index (χ0) is 23.3. The van der Waals surface area contributed by atoms with Crippen LogP contribution < -0.4 is 19.9 Å². The molecule has 1 aliphatic rings. The fourth-order valence-electron chi connectivity index (χ4n) is 3.27. The van der Waals surface area contributed by atoms with Gasteiger partial charge in [0, 0.05) is 25.7 Å². The number of sulfonamides is 1. The lowest BCUT2D eigenvalue weighted by molar-refractivity contribution is -0.128. The van der Waals surface area contributed by atoms with Crippen LogP contribution in [0.1, 0.15) is 23.1 Å². The molecule has 2 aromatic carbocycles. The lowest BCUT2D eigenvalue weighted by atomic mass is 10.0. The Kier molecular flexibility index (Phi) is 7.16. The van der Waals surface area contributed by atoms with Crippen LogP contribution in [0.2, 0.25) is 0 Å². The van der Waals surface area contributed by atoms with Gasteiger partial charge in [-0.25, -0.2) is 13.6 Å². The molecule has 10 heteroatoms. The van der Waals surface area contributed by atoms with Crippen LogP contribution in [-0.2, 0) is 32.6 Å². The van der Waals surface area contributed by atoms with E-state index >= 15 is 0 Å². The summed E-state index contributed by atoms with van der Waals surface area (Å²) in [5.41, 5.74) is 2.40. The molecule has 0 atom stereocenters. The number of fused-ring (bicyclic) bond motifs is 1. The minimum Gasteiger partial charge on any atom is -0.493 e. The molecule has 3 N–H and O–H groups in total. The predicted molar refractivity (Wildman–Crippen MR) is 118 cm³/mol. The number of nitrogens with zero attached hydrogens (tertiary/aromatic N) is 1. The molecule has 0 saturated carbocycles. The summed E-state index contributed by atoms with van der Waals surface area (Å²) in [5.74, 6) is 0.774. The average Bonchev–Trinajstić information content (AvgIpc) is 2.92. The molecule has 32 heavy (non-hydrogen) atoms. The molecule has 0 aromatic heterocycles. The molecule has 0 spiro atoms. The average molecular weight is 460 g/mol. The summed E-state index contributed by atoms with van der Waals surface area (Å²) in [6.45, 7) is 0.465. The van der Waals surface area contributed by atoms with Gasteiger partial charge in [-0.2, -0.15) is 0 Å². The number of nitrogens with one attached hydrogen (secondary N) is 1. The molecule has 0 aliphatic carbocycles. The number of benzene rings is 2. The number of carbonyl (C=O) groups excluding carboxylic acids is 2. The first-order valence-corrected chi connectivity index (χ1v) is 11.4. The van der Waals surface area contributed by atoms with E-state index in [4.69, 9.17) is 14.6 Å². The normalized spacial score (nSPS) is 13.3. The highest BCUT2D eigenvalue weighted by atomic mass is 32.2. The summed E-state index contributed by atoms with van der Waals surface area (Å²) in [4.78, 5) is 26.4. The van der Waals surface area contributed by atoms with Crippen molar-refractivity contribution in [3.8, 4) is 11.5 Å². The van der Waals surface area contributed by atoms with Gasteiger partial charge < -0.3 is 19.7 Å². The van der Waals surface area contributed by atoms with Gasteiger partial charge in [0.05, 0.1) is 25.5 Å². The Morgan fingerprint density at radius 1 is 1.12 bits per heavy atom. The quantitative estimate of drug-likeness (QED) is 0.614. The van der Waals surface area contributed by atoms with Gasteiger partial charge in [0.25, 0.3) is 0 Å². The van der Waals surface area contributed by atoms with Crippen LogP contribution in [0.25, 0.3) is 6.08 Å². The lowest BCUT2D eigenvalue weighted by Crippen LogP contribution is -2.32. The topological polar surface area (TPSA) is 128 Å². The Balaban J connectivity index is 1.56. The zero-order valence-electron chi connectivity index (χ0n) is 17.8. The first-order valence-electron chi connectivity index (χ1n) is 9.82. The molecule has 3 rings (SSSR count). The van der Waals surface area contributed by atoms with Crippen molar-refractivity contribution in [1.82, 2.24) is 10.2 Å². The number of hydrogen-bond acceptors (Lipinski definition) is 6. The monoisotopic (exact) mass is 459 g/mol. The molecule has 0 saturated heterocycles. The van der Waals surface area contributed by atoms with Gasteiger partial charge in [-0.3, -0.25) is 9.59 Å². The van der Waals surface area contributed by atoms with Gasteiger partial charge in [0.2, 0.25) is 21.8 Å². The number of ether oxygens (including phenoxy) is 2. The minimum absolute atomic E-state index is 0.00951. The Morgan fingerprint density at radius 2 is 1.78 bits per heavy atom. The summed E-state index contributed by atoms with van der Waals surface area (Å²) in [7, 11) is -0.663. The van der Waals surface area contributed by atoms with Crippen LogP contribution in [0.15, 0.2) is 47.5 Å². The van der Waals surface area contributed by atoms with Gasteiger partial charge in [0.1, 0.15) is 0 Å². The highest BCUT2D eigenvalue weighted by Crippen LogP contribution is 2.32. The number of carbonyl (C=O) groups is 2. The molecule has 1 aliphatic heterocycles. The number of nitrogens with two attached hydrogens (primary N) is 1. The number of rotatable bonds is 8. The van der Waals surface area contributed by atoms with E-state index in [0.717, 1.165) is 16.7 Å². The first kappa shape index (κ1) is 23.3. The van der Waals surface area contributed by atoms with Crippen LogP contribution >= 0.6 is 0 Å². The number of methoxy groups -OCH3 is 2. The third kappa shape index (κ3) is 5.65. The van der Waals surface area contributed by atoms with Crippen LogP contribution in [-0.4, -0.2) is 45.9 Å². The van der Waals surface area contributed by atoms with Crippen molar-refractivity contribution in [2.75, 3.05) is 20.8 Å². The van der Waals surface area contributed by atoms with E-state index in [2.05, 4.69) is 5.32 Å². The second kappa shape index (κ2) is 9.84. The third-order valence-corrected chi connectivity index (χ3v) is 5.99. The molecular weight excluding hydrogens is 434 g/mol. The zero-order valence-corrected chi connectivity index (χ0v) is 18.6. The van der Waals surface area contributed by atoms with Crippen molar-refractivity contribution in [2.24, 2.45) is 5.14 Å². The van der Waals surface area contributed by atoms with E-state index in [-0.39, 0.29) is 42.6 Å². The highest BCUT2D eigenvalue weighted by Gasteiger charge is 2.20. The van der Waals surface area contributed by atoms with Crippen molar-refractivity contribution in [1.29, 1.82) is 0 Å². The molecule has 1 heterocycles. The smallest absolute Gasteiger partial charge is 0.238 e. The summed E-state index contributed by atoms with van der Waals surface area (Å²) >= 11 is 0. The molecule has 0 bridgehead atoms. The molecular formula is C22H25N3O6S. The van der Waals surface area contributed by atoms with Gasteiger partial charge in [-0.1, -0.05) is 12.1 Å². The Labute approximate surface area is 186 Å². The van der Waals surface area contributed by atoms with Gasteiger partial charge in [-0.05, 0) is 47.0 Å². The first-order chi connectivity index (χ1) is 15.2. The molecule has 170 valence electrons. The maximum Gasteiger partial charge on any atom is 0.238 e. The lowest BCUT2D eigenvalue weighted by Gasteiger charge is -2.17. The van der Waals surface area contributed by atoms with Crippen molar-refractivity contribution in [3.05, 3.63) is 59.3 Å². The number of primary sulfonamides is 1. The second-order valence-electron chi connectivity index (χ2n) is 7.20. The fourth-order valence-corrected chi connectivity index (χ4v) is 3.79. The molecule has 2 aromatic rings. The second-order valence-corrected chi connectivity index (χ2v) is 8.76. The SMILES string of the molecule is COc1cc2c(cc1OC)CC(=O)N(CCC(=O)NCc1ccc(S(N)(=O)=O)cc1)C=C2. The largest absolute Gasteiger partial charge is 0.493 e. The predicted octanol–water partition coefficient (Wildman–Crippen LogP) is 1.41. The van der Waals surface area contributed by atoms with Crippen LogP contribution in [0.4, 0.5) is 0 Å². The van der Waals surface area contributed by atoms with Crippen LogP contribution in [0.3, 0.4) is 0 Å². The van der Waals surface area contributed by atoms with Crippen molar-refractivity contribution >= 4 is 27.9 Å². The summed E-state index contributed by atoms with van der Waals surface area (Å²) in [6.07, 6.45) is 3.78. The molecule has 0 radical (unpaired) electrons. The van der Waals surface area contributed by atoms with E-state index < -0.39 is 10.0 Å². The van der Waals surface area contributed by atoms with Crippen molar-refractivity contribution in [3.63, 3.8) is 0 Å². The summed E-state index contributed by atoms with van der Waals surface area (Å²) < 4.78 is 33.2. The molecule has 9 nitrogen and oxygen atoms in total. The molecule has 0 unspecified atom stereocenters. The number of amides is 2. The standard InChI is InChI=1S/C22H25N3O6S/c1-30-19-11-16-7-9-25(22(27)13-17(16)12-20(19)31-2)10-8-21(26)24-14-15-3-5-18(6-4-15)32(23,28)29/h3-7,9,11-12H,8,10,13-14H2,1-2H3,(H,24,26)(H2,23,28,29).